The molecule has 2 rings (SSSR count). The van der Waals surface area contributed by atoms with Gasteiger partial charge in [0.15, 0.2) is 0 Å². The first-order valence-corrected chi connectivity index (χ1v) is 7.97. The standard InChI is InChI=1S/C15H26N2S/c1-11-17-14(10-18-11)9-16-13-7-5-12(6-8-13)15(2,3)4/h10,12-13,16H,5-9H2,1-4H3. The molecule has 0 aromatic carbocycles. The summed E-state index contributed by atoms with van der Waals surface area (Å²) in [5.41, 5.74) is 1.69. The molecule has 0 spiro atoms. The van der Waals surface area contributed by atoms with Gasteiger partial charge in [0, 0.05) is 18.0 Å². The van der Waals surface area contributed by atoms with Crippen LogP contribution in [0.5, 0.6) is 0 Å². The number of aromatic nitrogens is 1. The highest BCUT2D eigenvalue weighted by Gasteiger charge is 2.29. The average molecular weight is 266 g/mol. The first-order chi connectivity index (χ1) is 8.45. The predicted molar refractivity (Wildman–Crippen MR) is 78.9 cm³/mol. The van der Waals surface area contributed by atoms with E-state index in [-0.39, 0.29) is 0 Å². The van der Waals surface area contributed by atoms with Crippen molar-refractivity contribution in [3.63, 3.8) is 0 Å². The number of hydrogen-bond donors (Lipinski definition) is 1. The molecule has 1 N–H and O–H groups in total. The summed E-state index contributed by atoms with van der Waals surface area (Å²) in [6, 6.07) is 0.700. The van der Waals surface area contributed by atoms with Crippen LogP contribution < -0.4 is 5.32 Å². The van der Waals surface area contributed by atoms with Crippen molar-refractivity contribution in [2.75, 3.05) is 0 Å². The van der Waals surface area contributed by atoms with E-state index < -0.39 is 0 Å². The van der Waals surface area contributed by atoms with Gasteiger partial charge in [0.25, 0.3) is 0 Å². The Morgan fingerprint density at radius 2 is 1.94 bits per heavy atom. The van der Waals surface area contributed by atoms with Gasteiger partial charge >= 0.3 is 0 Å². The second-order valence-corrected chi connectivity index (χ2v) is 7.72. The van der Waals surface area contributed by atoms with E-state index in [9.17, 15) is 0 Å². The zero-order valence-electron chi connectivity index (χ0n) is 12.1. The lowest BCUT2D eigenvalue weighted by Crippen LogP contribution is -2.35. The highest BCUT2D eigenvalue weighted by atomic mass is 32.1. The fourth-order valence-electron chi connectivity index (χ4n) is 2.90. The Morgan fingerprint density at radius 3 is 2.44 bits per heavy atom. The molecule has 3 heteroatoms. The fraction of sp³-hybridized carbons (Fsp3) is 0.800. The lowest BCUT2D eigenvalue weighted by Gasteiger charge is -2.37. The van der Waals surface area contributed by atoms with Crippen LogP contribution in [0.1, 0.15) is 57.2 Å². The molecule has 0 saturated heterocycles. The van der Waals surface area contributed by atoms with Crippen molar-refractivity contribution in [2.45, 2.75) is 66.0 Å². The third-order valence-corrected chi connectivity index (χ3v) is 5.01. The van der Waals surface area contributed by atoms with E-state index >= 15 is 0 Å². The Kier molecular flexibility index (Phi) is 4.44. The summed E-state index contributed by atoms with van der Waals surface area (Å²) in [6.07, 6.45) is 5.39. The summed E-state index contributed by atoms with van der Waals surface area (Å²) >= 11 is 1.74. The van der Waals surface area contributed by atoms with Crippen LogP contribution in [-0.4, -0.2) is 11.0 Å². The minimum Gasteiger partial charge on any atom is -0.308 e. The highest BCUT2D eigenvalue weighted by Crippen LogP contribution is 2.37. The van der Waals surface area contributed by atoms with E-state index in [1.807, 2.05) is 0 Å². The minimum atomic E-state index is 0.483. The van der Waals surface area contributed by atoms with Gasteiger partial charge < -0.3 is 5.32 Å². The van der Waals surface area contributed by atoms with Crippen LogP contribution in [0.2, 0.25) is 0 Å². The second-order valence-electron chi connectivity index (χ2n) is 6.65. The zero-order chi connectivity index (χ0) is 13.2. The average Bonchev–Trinajstić information content (AvgIpc) is 2.72. The van der Waals surface area contributed by atoms with Gasteiger partial charge in [-0.05, 0) is 43.9 Å². The van der Waals surface area contributed by atoms with Gasteiger partial charge in [0.1, 0.15) is 0 Å². The van der Waals surface area contributed by atoms with Gasteiger partial charge in [-0.15, -0.1) is 11.3 Å². The molecule has 1 aromatic heterocycles. The molecule has 1 aromatic rings. The maximum Gasteiger partial charge on any atom is 0.0897 e. The molecule has 2 nitrogen and oxygen atoms in total. The van der Waals surface area contributed by atoms with Crippen molar-refractivity contribution in [1.29, 1.82) is 0 Å². The summed E-state index contributed by atoms with van der Waals surface area (Å²) in [5, 5.41) is 7.01. The van der Waals surface area contributed by atoms with Crippen LogP contribution in [0.4, 0.5) is 0 Å². The number of nitrogens with zero attached hydrogens (tertiary/aromatic N) is 1. The number of aryl methyl sites for hydroxylation is 1. The van der Waals surface area contributed by atoms with Crippen molar-refractivity contribution in [3.05, 3.63) is 16.1 Å². The molecule has 1 aliphatic rings. The van der Waals surface area contributed by atoms with E-state index in [1.54, 1.807) is 11.3 Å². The first kappa shape index (κ1) is 14.0. The first-order valence-electron chi connectivity index (χ1n) is 7.09. The van der Waals surface area contributed by atoms with Crippen LogP contribution in [0, 0.1) is 18.3 Å². The fourth-order valence-corrected chi connectivity index (χ4v) is 3.51. The van der Waals surface area contributed by atoms with Crippen molar-refractivity contribution in [1.82, 2.24) is 10.3 Å². The number of nitrogens with one attached hydrogen (secondary N) is 1. The molecule has 1 heterocycles. The van der Waals surface area contributed by atoms with Gasteiger partial charge in [0.2, 0.25) is 0 Å². The zero-order valence-corrected chi connectivity index (χ0v) is 12.9. The van der Waals surface area contributed by atoms with E-state index in [2.05, 4.69) is 43.4 Å². The Morgan fingerprint density at radius 1 is 1.28 bits per heavy atom. The third-order valence-electron chi connectivity index (χ3n) is 4.19. The van der Waals surface area contributed by atoms with Crippen LogP contribution in [0.15, 0.2) is 5.38 Å². The molecule has 1 aliphatic carbocycles. The molecule has 18 heavy (non-hydrogen) atoms. The quantitative estimate of drug-likeness (QED) is 0.889. The van der Waals surface area contributed by atoms with Gasteiger partial charge in [-0.25, -0.2) is 4.98 Å². The predicted octanol–water partition coefficient (Wildman–Crippen LogP) is 4.15. The Hall–Kier alpha value is -0.410. The maximum atomic E-state index is 4.51. The molecular weight excluding hydrogens is 240 g/mol. The van der Waals surface area contributed by atoms with Crippen LogP contribution >= 0.6 is 11.3 Å². The highest BCUT2D eigenvalue weighted by molar-refractivity contribution is 7.09. The van der Waals surface area contributed by atoms with E-state index in [1.165, 1.54) is 36.4 Å². The number of hydrogen-bond acceptors (Lipinski definition) is 3. The van der Waals surface area contributed by atoms with Crippen molar-refractivity contribution in [2.24, 2.45) is 11.3 Å². The van der Waals surface area contributed by atoms with Crippen LogP contribution in [0.25, 0.3) is 0 Å². The molecule has 0 radical (unpaired) electrons. The van der Waals surface area contributed by atoms with Crippen molar-refractivity contribution in [3.8, 4) is 0 Å². The molecule has 1 saturated carbocycles. The van der Waals surface area contributed by atoms with Crippen molar-refractivity contribution < 1.29 is 0 Å². The SMILES string of the molecule is Cc1nc(CNC2CCC(C(C)(C)C)CC2)cs1. The summed E-state index contributed by atoms with van der Waals surface area (Å²) < 4.78 is 0. The van der Waals surface area contributed by atoms with Gasteiger partial charge in [-0.3, -0.25) is 0 Å². The van der Waals surface area contributed by atoms with Gasteiger partial charge in [0.05, 0.1) is 10.7 Å². The molecule has 0 atom stereocenters. The van der Waals surface area contributed by atoms with E-state index in [0.29, 0.717) is 11.5 Å². The Labute approximate surface area is 115 Å². The smallest absolute Gasteiger partial charge is 0.0897 e. The van der Waals surface area contributed by atoms with Crippen molar-refractivity contribution >= 4 is 11.3 Å². The monoisotopic (exact) mass is 266 g/mol. The van der Waals surface area contributed by atoms with Gasteiger partial charge in [-0.2, -0.15) is 0 Å². The molecule has 0 amide bonds. The normalized spacial score (nSPS) is 25.3. The van der Waals surface area contributed by atoms with Crippen LogP contribution in [-0.2, 0) is 6.54 Å². The summed E-state index contributed by atoms with van der Waals surface area (Å²) in [4.78, 5) is 4.51. The molecule has 1 fully saturated rings. The largest absolute Gasteiger partial charge is 0.308 e. The summed E-state index contributed by atoms with van der Waals surface area (Å²) in [7, 11) is 0. The molecular formula is C15H26N2S. The lowest BCUT2D eigenvalue weighted by atomic mass is 9.71. The number of rotatable bonds is 3. The van der Waals surface area contributed by atoms with E-state index in [0.717, 1.165) is 12.5 Å². The third kappa shape index (κ3) is 3.79. The lowest BCUT2D eigenvalue weighted by molar-refractivity contribution is 0.159. The molecule has 102 valence electrons. The molecule has 0 aliphatic heterocycles. The molecule has 0 unspecified atom stereocenters. The second kappa shape index (κ2) is 5.70. The van der Waals surface area contributed by atoms with Crippen LogP contribution in [0.3, 0.4) is 0 Å². The topological polar surface area (TPSA) is 24.9 Å². The maximum absolute atomic E-state index is 4.51. The minimum absolute atomic E-state index is 0.483. The van der Waals surface area contributed by atoms with E-state index in [4.69, 9.17) is 0 Å². The summed E-state index contributed by atoms with van der Waals surface area (Å²) in [5.74, 6) is 0.900. The summed E-state index contributed by atoms with van der Waals surface area (Å²) in [6.45, 7) is 10.1. The molecule has 0 bridgehead atoms. The number of thiazole rings is 1. The Bertz CT molecular complexity index is 370. The van der Waals surface area contributed by atoms with Gasteiger partial charge in [-0.1, -0.05) is 20.8 Å². The Balaban J connectivity index is 1.74.